The second-order valence-corrected chi connectivity index (χ2v) is 9.03. The van der Waals surface area contributed by atoms with Crippen LogP contribution in [0.15, 0.2) is 48.5 Å². The van der Waals surface area contributed by atoms with E-state index in [1.54, 1.807) is 13.2 Å². The number of aromatic nitrogens is 3. The van der Waals surface area contributed by atoms with Gasteiger partial charge in [-0.2, -0.15) is 4.52 Å². The van der Waals surface area contributed by atoms with E-state index in [1.165, 1.54) is 21.9 Å². The van der Waals surface area contributed by atoms with Crippen molar-refractivity contribution < 1.29 is 14.2 Å². The molecule has 2 aromatic carbocycles. The third-order valence-corrected chi connectivity index (χ3v) is 7.16. The largest absolute Gasteiger partial charge is 0.497 e. The minimum absolute atomic E-state index is 0.117. The molecule has 172 valence electrons. The first-order valence-corrected chi connectivity index (χ1v) is 11.9. The van der Waals surface area contributed by atoms with Gasteiger partial charge in [-0.25, -0.2) is 9.37 Å². The zero-order chi connectivity index (χ0) is 22.9. The number of aromatic hydroxyl groups is 1. The van der Waals surface area contributed by atoms with E-state index in [1.807, 2.05) is 43.3 Å². The van der Waals surface area contributed by atoms with E-state index >= 15 is 0 Å². The summed E-state index contributed by atoms with van der Waals surface area (Å²) >= 11 is 1.45. The number of piperazine rings is 1. The van der Waals surface area contributed by atoms with Gasteiger partial charge in [0.05, 0.1) is 23.7 Å². The van der Waals surface area contributed by atoms with E-state index in [2.05, 4.69) is 19.9 Å². The molecule has 1 N–H and O–H groups in total. The Labute approximate surface area is 195 Å². The van der Waals surface area contributed by atoms with Crippen LogP contribution in [0.4, 0.5) is 10.1 Å². The van der Waals surface area contributed by atoms with Crippen LogP contribution in [0, 0.1) is 5.82 Å². The zero-order valence-corrected chi connectivity index (χ0v) is 19.4. The summed E-state index contributed by atoms with van der Waals surface area (Å²) in [5.74, 6) is 1.38. The van der Waals surface area contributed by atoms with Gasteiger partial charge >= 0.3 is 0 Å². The lowest BCUT2D eigenvalue weighted by Crippen LogP contribution is -2.48. The Hall–Kier alpha value is -3.17. The summed E-state index contributed by atoms with van der Waals surface area (Å²) in [4.78, 5) is 10.4. The lowest BCUT2D eigenvalue weighted by atomic mass is 10.0. The molecule has 0 aliphatic carbocycles. The first-order chi connectivity index (χ1) is 16.1. The highest BCUT2D eigenvalue weighted by Crippen LogP contribution is 2.41. The fourth-order valence-corrected chi connectivity index (χ4v) is 5.52. The normalized spacial score (nSPS) is 15.8. The molecule has 4 aromatic rings. The third kappa shape index (κ3) is 4.02. The number of fused-ring (bicyclic) bond motifs is 1. The van der Waals surface area contributed by atoms with Crippen LogP contribution < -0.4 is 9.64 Å². The van der Waals surface area contributed by atoms with Crippen molar-refractivity contribution >= 4 is 22.0 Å². The molecular weight excluding hydrogens is 441 g/mol. The molecule has 1 unspecified atom stereocenters. The van der Waals surface area contributed by atoms with Gasteiger partial charge in [0, 0.05) is 32.6 Å². The molecule has 1 aliphatic rings. The van der Waals surface area contributed by atoms with E-state index in [-0.39, 0.29) is 17.7 Å². The number of para-hydroxylation sites is 1. The second-order valence-electron chi connectivity index (χ2n) is 8.02. The molecule has 0 radical (unpaired) electrons. The van der Waals surface area contributed by atoms with E-state index in [0.717, 1.165) is 16.2 Å². The average molecular weight is 468 g/mol. The molecule has 33 heavy (non-hydrogen) atoms. The maximum absolute atomic E-state index is 14.3. The summed E-state index contributed by atoms with van der Waals surface area (Å²) < 4.78 is 21.3. The van der Waals surface area contributed by atoms with E-state index < -0.39 is 0 Å². The predicted molar refractivity (Wildman–Crippen MR) is 127 cm³/mol. The molecule has 3 heterocycles. The number of anilines is 1. The number of thiazole rings is 1. The smallest absolute Gasteiger partial charge is 0.230 e. The van der Waals surface area contributed by atoms with Gasteiger partial charge in [0.1, 0.15) is 11.6 Å². The fraction of sp³-hybridized carbons (Fsp3) is 0.333. The predicted octanol–water partition coefficient (Wildman–Crippen LogP) is 4.12. The summed E-state index contributed by atoms with van der Waals surface area (Å²) in [6.45, 7) is 4.78. The number of rotatable bonds is 6. The Bertz CT molecular complexity index is 1260. The number of benzene rings is 2. The lowest BCUT2D eigenvalue weighted by Gasteiger charge is -2.40. The molecule has 0 spiro atoms. The van der Waals surface area contributed by atoms with Crippen molar-refractivity contribution in [1.29, 1.82) is 0 Å². The molecule has 7 nitrogen and oxygen atoms in total. The van der Waals surface area contributed by atoms with Crippen molar-refractivity contribution in [2.24, 2.45) is 0 Å². The lowest BCUT2D eigenvalue weighted by molar-refractivity contribution is 0.210. The molecule has 0 bridgehead atoms. The Morgan fingerprint density at radius 3 is 2.61 bits per heavy atom. The Morgan fingerprint density at radius 1 is 1.12 bits per heavy atom. The quantitative estimate of drug-likeness (QED) is 0.460. The number of hydrogen-bond donors (Lipinski definition) is 1. The van der Waals surface area contributed by atoms with Gasteiger partial charge in [0.15, 0.2) is 5.82 Å². The highest BCUT2D eigenvalue weighted by Gasteiger charge is 2.32. The molecule has 5 rings (SSSR count). The van der Waals surface area contributed by atoms with Gasteiger partial charge in [-0.1, -0.05) is 42.5 Å². The number of methoxy groups -OCH3 is 1. The monoisotopic (exact) mass is 467 g/mol. The number of nitrogens with zero attached hydrogens (tertiary/aromatic N) is 5. The second kappa shape index (κ2) is 8.99. The van der Waals surface area contributed by atoms with Crippen LogP contribution in [-0.2, 0) is 6.42 Å². The molecule has 0 saturated carbocycles. The molecular formula is C24H26FN5O2S. The summed E-state index contributed by atoms with van der Waals surface area (Å²) in [5, 5.41) is 15.5. The standard InChI is InChI=1S/C24H26FN5O2S/c1-3-20-26-24-30(27-20)23(31)22(33-24)21(16-7-6-8-17(15-16)32-2)29-13-11-28(12-14-29)19-10-5-4-9-18(19)25/h4-10,15,21,31H,3,11-14H2,1-2H3. The van der Waals surface area contributed by atoms with Gasteiger partial charge in [-0.3, -0.25) is 4.90 Å². The fourth-order valence-electron chi connectivity index (χ4n) is 4.39. The van der Waals surface area contributed by atoms with Crippen molar-refractivity contribution in [2.45, 2.75) is 19.4 Å². The summed E-state index contributed by atoms with van der Waals surface area (Å²) in [5.41, 5.74) is 1.65. The van der Waals surface area contributed by atoms with Crippen LogP contribution in [-0.4, -0.2) is 57.9 Å². The van der Waals surface area contributed by atoms with Crippen molar-refractivity contribution in [3.8, 4) is 11.6 Å². The number of ether oxygens (including phenoxy) is 1. The third-order valence-electron chi connectivity index (χ3n) is 6.09. The minimum atomic E-state index is -0.203. The average Bonchev–Trinajstić information content (AvgIpc) is 3.39. The van der Waals surface area contributed by atoms with Crippen LogP contribution in [0.5, 0.6) is 11.6 Å². The Morgan fingerprint density at radius 2 is 1.91 bits per heavy atom. The van der Waals surface area contributed by atoms with Crippen molar-refractivity contribution in [3.63, 3.8) is 0 Å². The van der Waals surface area contributed by atoms with E-state index in [0.29, 0.717) is 49.1 Å². The van der Waals surface area contributed by atoms with Gasteiger partial charge < -0.3 is 14.7 Å². The maximum Gasteiger partial charge on any atom is 0.230 e. The van der Waals surface area contributed by atoms with Crippen molar-refractivity contribution in [2.75, 3.05) is 38.2 Å². The molecule has 1 fully saturated rings. The zero-order valence-electron chi connectivity index (χ0n) is 18.6. The molecule has 0 amide bonds. The molecule has 9 heteroatoms. The molecule has 1 aliphatic heterocycles. The van der Waals surface area contributed by atoms with Crippen LogP contribution in [0.2, 0.25) is 0 Å². The van der Waals surface area contributed by atoms with Gasteiger partial charge in [0.2, 0.25) is 10.8 Å². The van der Waals surface area contributed by atoms with Crippen LogP contribution in [0.3, 0.4) is 0 Å². The molecule has 1 atom stereocenters. The number of halogens is 1. The number of hydrogen-bond acceptors (Lipinski definition) is 7. The van der Waals surface area contributed by atoms with Crippen molar-refractivity contribution in [3.05, 3.63) is 70.6 Å². The summed E-state index contributed by atoms with van der Waals surface area (Å²) in [6, 6.07) is 14.6. The van der Waals surface area contributed by atoms with Crippen LogP contribution >= 0.6 is 11.3 Å². The Balaban J connectivity index is 1.49. The van der Waals surface area contributed by atoms with E-state index in [4.69, 9.17) is 4.74 Å². The van der Waals surface area contributed by atoms with E-state index in [9.17, 15) is 9.50 Å². The highest BCUT2D eigenvalue weighted by atomic mass is 32.1. The first-order valence-electron chi connectivity index (χ1n) is 11.0. The first kappa shape index (κ1) is 21.7. The maximum atomic E-state index is 14.3. The SMILES string of the molecule is CCc1nc2sc(C(c3cccc(OC)c3)N3CCN(c4ccccc4F)CC3)c(O)n2n1. The minimum Gasteiger partial charge on any atom is -0.497 e. The van der Waals surface area contributed by atoms with Crippen LogP contribution in [0.1, 0.15) is 29.2 Å². The summed E-state index contributed by atoms with van der Waals surface area (Å²) in [7, 11) is 1.65. The number of aryl methyl sites for hydroxylation is 1. The van der Waals surface area contributed by atoms with Gasteiger partial charge in [-0.15, -0.1) is 5.10 Å². The molecule has 1 saturated heterocycles. The van der Waals surface area contributed by atoms with Gasteiger partial charge in [-0.05, 0) is 29.8 Å². The Kier molecular flexibility index (Phi) is 5.90. The van der Waals surface area contributed by atoms with Gasteiger partial charge in [0.25, 0.3) is 0 Å². The van der Waals surface area contributed by atoms with Crippen molar-refractivity contribution in [1.82, 2.24) is 19.5 Å². The highest BCUT2D eigenvalue weighted by molar-refractivity contribution is 7.17. The summed E-state index contributed by atoms with van der Waals surface area (Å²) in [6.07, 6.45) is 0.709. The molecule has 2 aromatic heterocycles. The topological polar surface area (TPSA) is 66.1 Å². The van der Waals surface area contributed by atoms with Crippen LogP contribution in [0.25, 0.3) is 4.96 Å².